The number of carbonyl (C=O) groups excluding carboxylic acids is 1. The average molecular weight is 433 g/mol. The molecule has 0 radical (unpaired) electrons. The van der Waals surface area contributed by atoms with Gasteiger partial charge in [-0.3, -0.25) is 4.79 Å². The zero-order chi connectivity index (χ0) is 22.6. The second kappa shape index (κ2) is 9.13. The number of nitrogens with one attached hydrogen (secondary N) is 1. The van der Waals surface area contributed by atoms with Crippen LogP contribution >= 0.6 is 0 Å². The Labute approximate surface area is 192 Å². The number of oxazole rings is 1. The molecule has 0 bridgehead atoms. The lowest BCUT2D eigenvalue weighted by molar-refractivity contribution is -0.116. The Bertz CT molecular complexity index is 1350. The molecule has 0 aliphatic rings. The summed E-state index contributed by atoms with van der Waals surface area (Å²) in [5, 5.41) is 3.04. The van der Waals surface area contributed by atoms with Crippen LogP contribution in [-0.4, -0.2) is 10.9 Å². The molecule has 5 aromatic rings. The topological polar surface area (TPSA) is 55.1 Å². The van der Waals surface area contributed by atoms with Gasteiger partial charge in [-0.05, 0) is 42.3 Å². The fourth-order valence-electron chi connectivity index (χ4n) is 4.10. The molecule has 1 aromatic heterocycles. The first-order valence-electron chi connectivity index (χ1n) is 11.0. The summed E-state index contributed by atoms with van der Waals surface area (Å²) in [5.74, 6) is 0.505. The van der Waals surface area contributed by atoms with Crippen LogP contribution in [0.3, 0.4) is 0 Å². The van der Waals surface area contributed by atoms with Crippen molar-refractivity contribution in [2.75, 3.05) is 5.32 Å². The van der Waals surface area contributed by atoms with Crippen molar-refractivity contribution in [2.24, 2.45) is 0 Å². The summed E-state index contributed by atoms with van der Waals surface area (Å²) < 4.78 is 5.99. The first-order valence-corrected chi connectivity index (χ1v) is 11.0. The Morgan fingerprint density at radius 2 is 1.55 bits per heavy atom. The quantitative estimate of drug-likeness (QED) is 0.315. The van der Waals surface area contributed by atoms with E-state index in [9.17, 15) is 4.79 Å². The van der Waals surface area contributed by atoms with E-state index in [4.69, 9.17) is 4.42 Å². The van der Waals surface area contributed by atoms with Crippen LogP contribution in [-0.2, 0) is 4.79 Å². The van der Waals surface area contributed by atoms with Gasteiger partial charge in [0.05, 0.1) is 0 Å². The van der Waals surface area contributed by atoms with E-state index < -0.39 is 0 Å². The molecule has 33 heavy (non-hydrogen) atoms. The molecule has 162 valence electrons. The number of hydrogen-bond donors (Lipinski definition) is 1. The molecule has 0 unspecified atom stereocenters. The van der Waals surface area contributed by atoms with Crippen molar-refractivity contribution in [2.45, 2.75) is 19.3 Å². The van der Waals surface area contributed by atoms with Crippen molar-refractivity contribution in [3.05, 3.63) is 120 Å². The summed E-state index contributed by atoms with van der Waals surface area (Å²) in [6, 6.07) is 33.9. The normalized spacial score (nSPS) is 11.1. The van der Waals surface area contributed by atoms with E-state index in [1.54, 1.807) is 0 Å². The van der Waals surface area contributed by atoms with E-state index in [0.29, 0.717) is 23.6 Å². The van der Waals surface area contributed by atoms with Crippen molar-refractivity contribution in [1.29, 1.82) is 0 Å². The van der Waals surface area contributed by atoms with E-state index in [1.165, 1.54) is 0 Å². The first-order chi connectivity index (χ1) is 16.2. The van der Waals surface area contributed by atoms with Crippen LogP contribution in [0.4, 0.5) is 5.69 Å². The van der Waals surface area contributed by atoms with Gasteiger partial charge >= 0.3 is 0 Å². The number of benzene rings is 4. The maximum absolute atomic E-state index is 13.0. The molecule has 0 aliphatic heterocycles. The molecule has 0 aliphatic carbocycles. The lowest BCUT2D eigenvalue weighted by Gasteiger charge is -2.18. The van der Waals surface area contributed by atoms with E-state index in [0.717, 1.165) is 27.8 Å². The van der Waals surface area contributed by atoms with Crippen molar-refractivity contribution in [1.82, 2.24) is 4.98 Å². The van der Waals surface area contributed by atoms with E-state index in [2.05, 4.69) is 34.6 Å². The summed E-state index contributed by atoms with van der Waals surface area (Å²) in [4.78, 5) is 17.6. The van der Waals surface area contributed by atoms with Gasteiger partial charge in [-0.2, -0.15) is 0 Å². The van der Waals surface area contributed by atoms with Crippen LogP contribution < -0.4 is 5.32 Å². The van der Waals surface area contributed by atoms with E-state index in [1.807, 2.05) is 85.8 Å². The second-order valence-corrected chi connectivity index (χ2v) is 8.20. The molecule has 4 nitrogen and oxygen atoms in total. The molecule has 1 N–H and O–H groups in total. The van der Waals surface area contributed by atoms with Crippen LogP contribution in [0.2, 0.25) is 0 Å². The lowest BCUT2D eigenvalue weighted by Crippen LogP contribution is -2.16. The fraction of sp³-hybridized carbons (Fsp3) is 0.103. The highest BCUT2D eigenvalue weighted by Crippen LogP contribution is 2.30. The minimum Gasteiger partial charge on any atom is -0.436 e. The van der Waals surface area contributed by atoms with Gasteiger partial charge in [0, 0.05) is 29.7 Å². The van der Waals surface area contributed by atoms with Gasteiger partial charge in [0.2, 0.25) is 11.8 Å². The van der Waals surface area contributed by atoms with Gasteiger partial charge in [0.15, 0.2) is 5.58 Å². The molecule has 1 heterocycles. The van der Waals surface area contributed by atoms with Crippen molar-refractivity contribution >= 4 is 22.7 Å². The maximum atomic E-state index is 13.0. The number of aryl methyl sites for hydroxylation is 1. The minimum atomic E-state index is -0.0505. The lowest BCUT2D eigenvalue weighted by atomic mass is 9.88. The predicted molar refractivity (Wildman–Crippen MR) is 132 cm³/mol. The molecule has 0 atom stereocenters. The number of anilines is 1. The Morgan fingerprint density at radius 3 is 2.21 bits per heavy atom. The molecular formula is C29H24N2O2. The van der Waals surface area contributed by atoms with Gasteiger partial charge in [-0.15, -0.1) is 0 Å². The molecule has 0 spiro atoms. The summed E-state index contributed by atoms with van der Waals surface area (Å²) in [6.07, 6.45) is 0.344. The van der Waals surface area contributed by atoms with E-state index in [-0.39, 0.29) is 11.8 Å². The van der Waals surface area contributed by atoms with E-state index >= 15 is 0 Å². The first kappa shape index (κ1) is 20.7. The Morgan fingerprint density at radius 1 is 0.848 bits per heavy atom. The van der Waals surface area contributed by atoms with Crippen LogP contribution in [0.1, 0.15) is 29.0 Å². The maximum Gasteiger partial charge on any atom is 0.227 e. The third-order valence-corrected chi connectivity index (χ3v) is 5.73. The minimum absolute atomic E-state index is 0.0191. The second-order valence-electron chi connectivity index (χ2n) is 8.20. The van der Waals surface area contributed by atoms with Crippen LogP contribution in [0, 0.1) is 6.92 Å². The summed E-state index contributed by atoms with van der Waals surface area (Å²) in [6.45, 7) is 2.04. The SMILES string of the molecule is Cc1cccc(-c2nc3ccc(NC(=O)CC(c4ccccc4)c4ccccc4)cc3o2)c1. The average Bonchev–Trinajstić information content (AvgIpc) is 3.27. The highest BCUT2D eigenvalue weighted by Gasteiger charge is 2.18. The third kappa shape index (κ3) is 4.70. The summed E-state index contributed by atoms with van der Waals surface area (Å²) in [7, 11) is 0. The monoisotopic (exact) mass is 432 g/mol. The van der Waals surface area contributed by atoms with Gasteiger partial charge in [-0.1, -0.05) is 78.4 Å². The number of rotatable bonds is 6. The molecule has 4 heteroatoms. The number of amides is 1. The van der Waals surface area contributed by atoms with Crippen molar-refractivity contribution in [3.63, 3.8) is 0 Å². The molecular weight excluding hydrogens is 408 g/mol. The molecule has 0 saturated carbocycles. The zero-order valence-electron chi connectivity index (χ0n) is 18.4. The number of aromatic nitrogens is 1. The van der Waals surface area contributed by atoms with Crippen LogP contribution in [0.15, 0.2) is 108 Å². The van der Waals surface area contributed by atoms with Crippen molar-refractivity contribution in [3.8, 4) is 11.5 Å². The van der Waals surface area contributed by atoms with Gasteiger partial charge in [-0.25, -0.2) is 4.98 Å². The number of nitrogens with zero attached hydrogens (tertiary/aromatic N) is 1. The molecule has 5 rings (SSSR count). The third-order valence-electron chi connectivity index (χ3n) is 5.73. The predicted octanol–water partition coefficient (Wildman–Crippen LogP) is 6.96. The molecule has 1 amide bonds. The molecule has 0 fully saturated rings. The van der Waals surface area contributed by atoms with Gasteiger partial charge in [0.1, 0.15) is 5.52 Å². The van der Waals surface area contributed by atoms with Crippen LogP contribution in [0.25, 0.3) is 22.6 Å². The van der Waals surface area contributed by atoms with Gasteiger partial charge < -0.3 is 9.73 Å². The smallest absolute Gasteiger partial charge is 0.227 e. The standard InChI is InChI=1S/C29H24N2O2/c1-20-9-8-14-23(17-20)29-31-26-16-15-24(18-27(26)33-29)30-28(32)19-25(21-10-4-2-5-11-21)22-12-6-3-7-13-22/h2-18,25H,19H2,1H3,(H,30,32). The Kier molecular flexibility index (Phi) is 5.73. The van der Waals surface area contributed by atoms with Crippen molar-refractivity contribution < 1.29 is 9.21 Å². The Hall–Kier alpha value is -4.18. The van der Waals surface area contributed by atoms with Crippen LogP contribution in [0.5, 0.6) is 0 Å². The zero-order valence-corrected chi connectivity index (χ0v) is 18.4. The van der Waals surface area contributed by atoms with Gasteiger partial charge in [0.25, 0.3) is 0 Å². The number of carbonyl (C=O) groups is 1. The Balaban J connectivity index is 1.36. The highest BCUT2D eigenvalue weighted by atomic mass is 16.3. The number of fused-ring (bicyclic) bond motifs is 1. The fourth-order valence-corrected chi connectivity index (χ4v) is 4.10. The number of hydrogen-bond acceptors (Lipinski definition) is 3. The summed E-state index contributed by atoms with van der Waals surface area (Å²) in [5.41, 5.74) is 6.42. The highest BCUT2D eigenvalue weighted by molar-refractivity contribution is 5.93. The molecule has 0 saturated heterocycles. The molecule has 4 aromatic carbocycles. The summed E-state index contributed by atoms with van der Waals surface area (Å²) >= 11 is 0. The largest absolute Gasteiger partial charge is 0.436 e.